The molecular formula is C27H38N4O5. The smallest absolute Gasteiger partial charge is 0.251 e. The first-order valence-electron chi connectivity index (χ1n) is 13.3. The highest BCUT2D eigenvalue weighted by Crippen LogP contribution is 2.33. The molecule has 0 radical (unpaired) electrons. The van der Waals surface area contributed by atoms with Gasteiger partial charge in [0.25, 0.3) is 5.91 Å². The topological polar surface area (TPSA) is 91.4 Å². The van der Waals surface area contributed by atoms with E-state index in [1.165, 1.54) is 0 Å². The number of likely N-dealkylation sites (N-methyl/N-ethyl adjacent to an activating group) is 1. The Morgan fingerprint density at radius 3 is 2.42 bits per heavy atom. The van der Waals surface area contributed by atoms with Crippen molar-refractivity contribution in [2.24, 2.45) is 5.92 Å². The second-order valence-corrected chi connectivity index (χ2v) is 10.6. The van der Waals surface area contributed by atoms with Crippen molar-refractivity contribution in [3.8, 4) is 0 Å². The maximum atomic E-state index is 13.9. The van der Waals surface area contributed by atoms with Crippen LogP contribution < -0.4 is 10.2 Å². The zero-order valence-electron chi connectivity index (χ0n) is 21.4. The molecule has 1 N–H and O–H groups in total. The molecule has 9 nitrogen and oxygen atoms in total. The standard InChI is InChI=1S/C27H38N4O5/c1-29-12-14-30(15-13-29)20-10-8-19(9-11-20)26(33)28-23(18-6-4-3-5-7-18)27(34)31-16-22(35-2)25-24(31)21(32)17-36-25/h8-11,18,22-25H,3-7,12-17H2,1-2H3,(H,28,33)/t22-,23+,24-,25-/m1/s1. The number of piperazine rings is 1. The van der Waals surface area contributed by atoms with Gasteiger partial charge in [-0.3, -0.25) is 14.4 Å². The molecule has 0 unspecified atom stereocenters. The van der Waals surface area contributed by atoms with Crippen LogP contribution in [0.15, 0.2) is 24.3 Å². The van der Waals surface area contributed by atoms with Crippen LogP contribution in [0.25, 0.3) is 0 Å². The Balaban J connectivity index is 1.31. The van der Waals surface area contributed by atoms with E-state index >= 15 is 0 Å². The zero-order chi connectivity index (χ0) is 25.2. The van der Waals surface area contributed by atoms with Crippen LogP contribution in [0.5, 0.6) is 0 Å². The van der Waals surface area contributed by atoms with E-state index in [0.717, 1.165) is 64.0 Å². The molecule has 3 saturated heterocycles. The molecule has 3 heterocycles. The molecule has 4 fully saturated rings. The Labute approximate surface area is 213 Å². The van der Waals surface area contributed by atoms with Crippen LogP contribution in [-0.2, 0) is 19.1 Å². The van der Waals surface area contributed by atoms with Crippen molar-refractivity contribution in [2.75, 3.05) is 58.4 Å². The fourth-order valence-corrected chi connectivity index (χ4v) is 6.19. The number of hydrogen-bond donors (Lipinski definition) is 1. The monoisotopic (exact) mass is 498 g/mol. The highest BCUT2D eigenvalue weighted by Gasteiger charge is 2.54. The summed E-state index contributed by atoms with van der Waals surface area (Å²) in [6.45, 7) is 4.26. The minimum atomic E-state index is -0.667. The number of likely N-dealkylation sites (tertiary alicyclic amines) is 1. The third-order valence-corrected chi connectivity index (χ3v) is 8.40. The van der Waals surface area contributed by atoms with Crippen LogP contribution in [0.4, 0.5) is 5.69 Å². The summed E-state index contributed by atoms with van der Waals surface area (Å²) in [6, 6.07) is 6.35. The van der Waals surface area contributed by atoms with E-state index in [4.69, 9.17) is 9.47 Å². The number of ketones is 1. The largest absolute Gasteiger partial charge is 0.377 e. The molecule has 9 heteroatoms. The lowest BCUT2D eigenvalue weighted by atomic mass is 9.83. The number of fused-ring (bicyclic) bond motifs is 1. The molecule has 5 rings (SSSR count). The predicted molar refractivity (Wildman–Crippen MR) is 135 cm³/mol. The minimum Gasteiger partial charge on any atom is -0.377 e. The fraction of sp³-hybridized carbons (Fsp3) is 0.667. The Morgan fingerprint density at radius 1 is 1.06 bits per heavy atom. The lowest BCUT2D eigenvalue weighted by Gasteiger charge is -2.34. The third kappa shape index (κ3) is 5.01. The van der Waals surface area contributed by atoms with E-state index in [1.54, 1.807) is 12.0 Å². The number of hydrogen-bond acceptors (Lipinski definition) is 7. The van der Waals surface area contributed by atoms with E-state index in [1.807, 2.05) is 24.3 Å². The number of carbonyl (C=O) groups excluding carboxylic acids is 3. The SMILES string of the molecule is CO[C@@H]1CN(C(=O)[C@@H](NC(=O)c2ccc(N3CCN(C)CC3)cc2)C2CCCCC2)[C@@H]2C(=O)CO[C@@H]21. The van der Waals surface area contributed by atoms with Gasteiger partial charge in [0.2, 0.25) is 5.91 Å². The first-order valence-corrected chi connectivity index (χ1v) is 13.3. The van der Waals surface area contributed by atoms with E-state index in [-0.39, 0.29) is 36.2 Å². The normalized spacial score (nSPS) is 28.3. The van der Waals surface area contributed by atoms with E-state index in [2.05, 4.69) is 22.2 Å². The number of ether oxygens (including phenoxy) is 2. The van der Waals surface area contributed by atoms with E-state index < -0.39 is 18.2 Å². The maximum absolute atomic E-state index is 13.9. The van der Waals surface area contributed by atoms with Crippen molar-refractivity contribution < 1.29 is 23.9 Å². The molecule has 0 bridgehead atoms. The van der Waals surface area contributed by atoms with Crippen LogP contribution in [0.2, 0.25) is 0 Å². The molecule has 0 aromatic heterocycles. The molecule has 36 heavy (non-hydrogen) atoms. The van der Waals surface area contributed by atoms with Gasteiger partial charge >= 0.3 is 0 Å². The van der Waals surface area contributed by atoms with Crippen LogP contribution in [-0.4, -0.2) is 105 Å². The van der Waals surface area contributed by atoms with Gasteiger partial charge in [-0.25, -0.2) is 0 Å². The highest BCUT2D eigenvalue weighted by atomic mass is 16.5. The van der Waals surface area contributed by atoms with E-state index in [9.17, 15) is 14.4 Å². The highest BCUT2D eigenvalue weighted by molar-refractivity contribution is 5.99. The second-order valence-electron chi connectivity index (χ2n) is 10.6. The van der Waals surface area contributed by atoms with Crippen LogP contribution in [0, 0.1) is 5.92 Å². The molecular weight excluding hydrogens is 460 g/mol. The van der Waals surface area contributed by atoms with Crippen molar-refractivity contribution in [3.63, 3.8) is 0 Å². The molecule has 0 spiro atoms. The lowest BCUT2D eigenvalue weighted by Crippen LogP contribution is -2.55. The van der Waals surface area contributed by atoms with Gasteiger partial charge in [0, 0.05) is 44.5 Å². The van der Waals surface area contributed by atoms with Crippen molar-refractivity contribution in [1.82, 2.24) is 15.1 Å². The van der Waals surface area contributed by atoms with Crippen molar-refractivity contribution in [2.45, 2.75) is 56.4 Å². The predicted octanol–water partition coefficient (Wildman–Crippen LogP) is 1.31. The third-order valence-electron chi connectivity index (χ3n) is 8.40. The van der Waals surface area contributed by atoms with Gasteiger partial charge in [0.15, 0.2) is 5.78 Å². The van der Waals surface area contributed by atoms with Crippen LogP contribution in [0.3, 0.4) is 0 Å². The number of benzene rings is 1. The number of rotatable bonds is 6. The number of amides is 2. The van der Waals surface area contributed by atoms with Crippen LogP contribution in [0.1, 0.15) is 42.5 Å². The zero-order valence-corrected chi connectivity index (χ0v) is 21.4. The summed E-state index contributed by atoms with van der Waals surface area (Å²) in [5.74, 6) is -0.493. The first-order chi connectivity index (χ1) is 17.5. The van der Waals surface area contributed by atoms with Gasteiger partial charge in [-0.05, 0) is 50.1 Å². The first kappa shape index (κ1) is 25.2. The van der Waals surface area contributed by atoms with Gasteiger partial charge in [-0.2, -0.15) is 0 Å². The number of anilines is 1. The summed E-state index contributed by atoms with van der Waals surface area (Å²) >= 11 is 0. The summed E-state index contributed by atoms with van der Waals surface area (Å²) in [5.41, 5.74) is 1.64. The summed E-state index contributed by atoms with van der Waals surface area (Å²) in [4.78, 5) is 46.1. The molecule has 1 aromatic rings. The second kappa shape index (κ2) is 10.9. The van der Waals surface area contributed by atoms with Gasteiger partial charge in [0.05, 0.1) is 6.54 Å². The number of methoxy groups -OCH3 is 1. The maximum Gasteiger partial charge on any atom is 0.251 e. The van der Waals surface area contributed by atoms with E-state index in [0.29, 0.717) is 12.1 Å². The van der Waals surface area contributed by atoms with Crippen molar-refractivity contribution in [1.29, 1.82) is 0 Å². The Morgan fingerprint density at radius 2 is 1.75 bits per heavy atom. The molecule has 3 aliphatic heterocycles. The summed E-state index contributed by atoms with van der Waals surface area (Å²) in [6.07, 6.45) is 4.23. The van der Waals surface area contributed by atoms with Gasteiger partial charge in [-0.15, -0.1) is 0 Å². The number of nitrogens with one attached hydrogen (secondary N) is 1. The Kier molecular flexibility index (Phi) is 7.60. The van der Waals surface area contributed by atoms with Crippen LogP contribution >= 0.6 is 0 Å². The number of carbonyl (C=O) groups is 3. The lowest BCUT2D eigenvalue weighted by molar-refractivity contribution is -0.139. The molecule has 4 atom stereocenters. The summed E-state index contributed by atoms with van der Waals surface area (Å²) in [7, 11) is 3.70. The average molecular weight is 499 g/mol. The molecule has 196 valence electrons. The quantitative estimate of drug-likeness (QED) is 0.632. The van der Waals surface area contributed by atoms with Gasteiger partial charge in [0.1, 0.15) is 30.9 Å². The van der Waals surface area contributed by atoms with Gasteiger partial charge in [-0.1, -0.05) is 19.3 Å². The minimum absolute atomic E-state index is 0.000911. The molecule has 1 aromatic carbocycles. The molecule has 4 aliphatic rings. The number of Topliss-reactive ketones (excluding diaryl/α,β-unsaturated/α-hetero) is 1. The van der Waals surface area contributed by atoms with Gasteiger partial charge < -0.3 is 29.5 Å². The summed E-state index contributed by atoms with van der Waals surface area (Å²) < 4.78 is 11.2. The molecule has 1 saturated carbocycles. The fourth-order valence-electron chi connectivity index (χ4n) is 6.19. The Bertz CT molecular complexity index is 955. The summed E-state index contributed by atoms with van der Waals surface area (Å²) in [5, 5.41) is 3.07. The average Bonchev–Trinajstić information content (AvgIpc) is 3.48. The molecule has 1 aliphatic carbocycles. The van der Waals surface area contributed by atoms with Crippen molar-refractivity contribution >= 4 is 23.3 Å². The van der Waals surface area contributed by atoms with Crippen molar-refractivity contribution in [3.05, 3.63) is 29.8 Å². The molecule has 2 amide bonds. The number of nitrogens with zero attached hydrogens (tertiary/aromatic N) is 3. The Hall–Kier alpha value is -2.49.